The van der Waals surface area contributed by atoms with E-state index in [-0.39, 0.29) is 30.4 Å². The highest BCUT2D eigenvalue weighted by Gasteiger charge is 2.41. The largest absolute Gasteiger partial charge is 0.485 e. The van der Waals surface area contributed by atoms with Crippen molar-refractivity contribution in [1.29, 1.82) is 0 Å². The number of fused-ring (bicyclic) bond motifs is 1. The summed E-state index contributed by atoms with van der Waals surface area (Å²) in [6.07, 6.45) is -0.301. The van der Waals surface area contributed by atoms with Gasteiger partial charge in [-0.05, 0) is 24.3 Å². The van der Waals surface area contributed by atoms with Gasteiger partial charge < -0.3 is 18.8 Å². The number of methoxy groups -OCH3 is 1. The number of aromatic nitrogens is 1. The summed E-state index contributed by atoms with van der Waals surface area (Å²) in [6.45, 7) is 0.154. The van der Waals surface area contributed by atoms with Crippen LogP contribution >= 0.6 is 11.8 Å². The Morgan fingerprint density at radius 1 is 1.23 bits per heavy atom. The molecule has 0 radical (unpaired) electrons. The van der Waals surface area contributed by atoms with Crippen molar-refractivity contribution in [2.75, 3.05) is 19.4 Å². The van der Waals surface area contributed by atoms with Crippen LogP contribution in [0.5, 0.6) is 5.75 Å². The van der Waals surface area contributed by atoms with E-state index in [9.17, 15) is 14.0 Å². The van der Waals surface area contributed by atoms with Crippen molar-refractivity contribution in [1.82, 2.24) is 9.88 Å². The lowest BCUT2D eigenvalue weighted by Gasteiger charge is -2.21. The maximum Gasteiger partial charge on any atom is 0.328 e. The fourth-order valence-corrected chi connectivity index (χ4v) is 4.08. The number of esters is 1. The Balaban J connectivity index is 1.43. The number of hydrogen-bond donors (Lipinski definition) is 0. The molecule has 2 aromatic carbocycles. The highest BCUT2D eigenvalue weighted by molar-refractivity contribution is 7.99. The molecule has 30 heavy (non-hydrogen) atoms. The van der Waals surface area contributed by atoms with Crippen molar-refractivity contribution in [3.63, 3.8) is 0 Å². The Hall–Kier alpha value is -3.07. The predicted molar refractivity (Wildman–Crippen MR) is 108 cm³/mol. The zero-order valence-corrected chi connectivity index (χ0v) is 16.9. The number of likely N-dealkylation sites (tertiary alicyclic amines) is 1. The molecular formula is C21H19FN2O5S. The summed E-state index contributed by atoms with van der Waals surface area (Å²) in [5.74, 6) is -1.19. The lowest BCUT2D eigenvalue weighted by Crippen LogP contribution is -2.42. The Bertz CT molecular complexity index is 1040. The Morgan fingerprint density at radius 3 is 2.77 bits per heavy atom. The molecule has 4 rings (SSSR count). The zero-order valence-electron chi connectivity index (χ0n) is 16.1. The van der Waals surface area contributed by atoms with Gasteiger partial charge in [-0.15, -0.1) is 0 Å². The third kappa shape index (κ3) is 4.25. The Morgan fingerprint density at radius 2 is 2.00 bits per heavy atom. The van der Waals surface area contributed by atoms with Crippen LogP contribution in [0.1, 0.15) is 6.42 Å². The van der Waals surface area contributed by atoms with Gasteiger partial charge >= 0.3 is 5.97 Å². The second-order valence-electron chi connectivity index (χ2n) is 6.73. The fraction of sp³-hybridized carbons (Fsp3) is 0.286. The van der Waals surface area contributed by atoms with Crippen molar-refractivity contribution < 1.29 is 27.9 Å². The van der Waals surface area contributed by atoms with Gasteiger partial charge in [-0.1, -0.05) is 36.0 Å². The molecule has 0 N–H and O–H groups in total. The molecule has 1 saturated heterocycles. The lowest BCUT2D eigenvalue weighted by atomic mass is 10.2. The first-order valence-electron chi connectivity index (χ1n) is 9.32. The van der Waals surface area contributed by atoms with Crippen molar-refractivity contribution in [3.8, 4) is 5.75 Å². The minimum Gasteiger partial charge on any atom is -0.485 e. The molecule has 0 spiro atoms. The van der Waals surface area contributed by atoms with Gasteiger partial charge in [0.25, 0.3) is 5.22 Å². The van der Waals surface area contributed by atoms with Crippen LogP contribution in [0.15, 0.2) is 58.2 Å². The van der Waals surface area contributed by atoms with E-state index in [0.29, 0.717) is 16.3 Å². The number of carbonyl (C=O) groups is 2. The quantitative estimate of drug-likeness (QED) is 0.438. The molecule has 3 aromatic rings. The standard InChI is InChI=1S/C21H19FN2O5S/c1-27-20(26)16-10-13(28-17-8-4-2-6-14(17)22)11-24(16)19(25)12-30-21-23-15-7-3-5-9-18(15)29-21/h2-9,13,16H,10-12H2,1H3. The van der Waals surface area contributed by atoms with Gasteiger partial charge in [0, 0.05) is 6.42 Å². The molecule has 156 valence electrons. The van der Waals surface area contributed by atoms with E-state index in [0.717, 1.165) is 11.8 Å². The first-order chi connectivity index (χ1) is 14.5. The van der Waals surface area contributed by atoms with Gasteiger partial charge in [-0.2, -0.15) is 0 Å². The zero-order chi connectivity index (χ0) is 21.1. The van der Waals surface area contributed by atoms with Gasteiger partial charge in [-0.25, -0.2) is 14.2 Å². The van der Waals surface area contributed by atoms with E-state index < -0.39 is 23.9 Å². The second-order valence-corrected chi connectivity index (χ2v) is 7.65. The number of rotatable bonds is 6. The fourth-order valence-electron chi connectivity index (χ4n) is 3.36. The molecular weight excluding hydrogens is 411 g/mol. The number of halogens is 1. The maximum absolute atomic E-state index is 13.9. The molecule has 0 aliphatic carbocycles. The van der Waals surface area contributed by atoms with E-state index in [1.165, 1.54) is 24.1 Å². The molecule has 1 fully saturated rings. The molecule has 2 heterocycles. The lowest BCUT2D eigenvalue weighted by molar-refractivity contribution is -0.150. The molecule has 1 aliphatic rings. The third-order valence-electron chi connectivity index (χ3n) is 4.78. The van der Waals surface area contributed by atoms with Gasteiger partial charge in [0.15, 0.2) is 17.1 Å². The van der Waals surface area contributed by atoms with Gasteiger partial charge in [-0.3, -0.25) is 4.79 Å². The highest BCUT2D eigenvalue weighted by atomic mass is 32.2. The molecule has 1 aromatic heterocycles. The summed E-state index contributed by atoms with van der Waals surface area (Å²) in [4.78, 5) is 30.8. The highest BCUT2D eigenvalue weighted by Crippen LogP contribution is 2.28. The predicted octanol–water partition coefficient (Wildman–Crippen LogP) is 3.28. The van der Waals surface area contributed by atoms with Crippen LogP contribution in [0.3, 0.4) is 0 Å². The Labute approximate surface area is 176 Å². The van der Waals surface area contributed by atoms with Crippen LogP contribution in [-0.2, 0) is 14.3 Å². The van der Waals surface area contributed by atoms with E-state index in [2.05, 4.69) is 4.98 Å². The number of thioether (sulfide) groups is 1. The van der Waals surface area contributed by atoms with Crippen molar-refractivity contribution in [2.24, 2.45) is 0 Å². The first kappa shape index (κ1) is 20.2. The average molecular weight is 430 g/mol. The molecule has 1 amide bonds. The third-order valence-corrected chi connectivity index (χ3v) is 5.59. The monoisotopic (exact) mass is 430 g/mol. The molecule has 0 bridgehead atoms. The topological polar surface area (TPSA) is 81.9 Å². The normalized spacial score (nSPS) is 18.5. The van der Waals surface area contributed by atoms with Crippen molar-refractivity contribution in [2.45, 2.75) is 23.8 Å². The summed E-state index contributed by atoms with van der Waals surface area (Å²) in [5, 5.41) is 0.373. The van der Waals surface area contributed by atoms with Crippen LogP contribution in [0, 0.1) is 5.82 Å². The Kier molecular flexibility index (Phi) is 5.89. The van der Waals surface area contributed by atoms with E-state index in [1.807, 2.05) is 18.2 Å². The molecule has 1 aliphatic heterocycles. The average Bonchev–Trinajstić information content (AvgIpc) is 3.37. The number of benzene rings is 2. The number of amides is 1. The van der Waals surface area contributed by atoms with Crippen LogP contribution in [-0.4, -0.2) is 53.3 Å². The van der Waals surface area contributed by atoms with Gasteiger partial charge in [0.05, 0.1) is 19.4 Å². The smallest absolute Gasteiger partial charge is 0.328 e. The van der Waals surface area contributed by atoms with Gasteiger partial charge in [0.2, 0.25) is 5.91 Å². The number of nitrogens with zero attached hydrogens (tertiary/aromatic N) is 2. The minimum absolute atomic E-state index is 0.0345. The maximum atomic E-state index is 13.9. The molecule has 2 atom stereocenters. The molecule has 2 unspecified atom stereocenters. The number of para-hydroxylation sites is 3. The summed E-state index contributed by atoms with van der Waals surface area (Å²) in [5.41, 5.74) is 1.35. The van der Waals surface area contributed by atoms with Crippen molar-refractivity contribution >= 4 is 34.7 Å². The molecule has 7 nitrogen and oxygen atoms in total. The summed E-state index contributed by atoms with van der Waals surface area (Å²) >= 11 is 1.15. The first-order valence-corrected chi connectivity index (χ1v) is 10.3. The SMILES string of the molecule is COC(=O)C1CC(Oc2ccccc2F)CN1C(=O)CSc1nc2ccccc2o1. The number of oxazole rings is 1. The van der Waals surface area contributed by atoms with Crippen LogP contribution < -0.4 is 4.74 Å². The summed E-state index contributed by atoms with van der Waals surface area (Å²) < 4.78 is 30.1. The van der Waals surface area contributed by atoms with Crippen LogP contribution in [0.25, 0.3) is 11.1 Å². The van der Waals surface area contributed by atoms with E-state index >= 15 is 0 Å². The van der Waals surface area contributed by atoms with Crippen LogP contribution in [0.4, 0.5) is 4.39 Å². The van der Waals surface area contributed by atoms with Gasteiger partial charge in [0.1, 0.15) is 17.7 Å². The summed E-state index contributed by atoms with van der Waals surface area (Å²) in [6, 6.07) is 12.6. The summed E-state index contributed by atoms with van der Waals surface area (Å²) in [7, 11) is 1.27. The number of carbonyl (C=O) groups excluding carboxylic acids is 2. The second kappa shape index (κ2) is 8.74. The number of hydrogen-bond acceptors (Lipinski definition) is 7. The van der Waals surface area contributed by atoms with Crippen molar-refractivity contribution in [3.05, 3.63) is 54.3 Å². The van der Waals surface area contributed by atoms with E-state index in [4.69, 9.17) is 13.9 Å². The number of ether oxygens (including phenoxy) is 2. The van der Waals surface area contributed by atoms with Crippen LogP contribution in [0.2, 0.25) is 0 Å². The molecule has 0 saturated carbocycles. The molecule has 9 heteroatoms. The van der Waals surface area contributed by atoms with E-state index in [1.54, 1.807) is 18.2 Å². The minimum atomic E-state index is -0.788.